The highest BCUT2D eigenvalue weighted by atomic mass is 16.5. The molecule has 1 saturated heterocycles. The van der Waals surface area contributed by atoms with Crippen LogP contribution >= 0.6 is 0 Å². The van der Waals surface area contributed by atoms with Gasteiger partial charge in [0, 0.05) is 6.54 Å². The number of ether oxygens (including phenoxy) is 1. The summed E-state index contributed by atoms with van der Waals surface area (Å²) in [7, 11) is 1.52. The number of methoxy groups -OCH3 is 1. The number of hydrogen-bond acceptors (Lipinski definition) is 4. The number of carboxylic acid groups (broad SMARTS) is 2. The maximum atomic E-state index is 11.6. The van der Waals surface area contributed by atoms with Crippen molar-refractivity contribution >= 4 is 11.9 Å². The SMILES string of the molecule is COc1cccc(C(C(=O)O)N2CCCC(C(=O)O)C2)c1. The molecule has 1 fully saturated rings. The number of benzene rings is 1. The number of hydrogen-bond donors (Lipinski definition) is 2. The van der Waals surface area contributed by atoms with Crippen molar-refractivity contribution in [3.05, 3.63) is 29.8 Å². The van der Waals surface area contributed by atoms with Crippen molar-refractivity contribution in [1.82, 2.24) is 4.90 Å². The van der Waals surface area contributed by atoms with Crippen LogP contribution in [0.25, 0.3) is 0 Å². The van der Waals surface area contributed by atoms with Crippen LogP contribution in [-0.2, 0) is 9.59 Å². The molecule has 2 rings (SSSR count). The predicted octanol–water partition coefficient (Wildman–Crippen LogP) is 1.62. The molecular formula is C15H19NO5. The highest BCUT2D eigenvalue weighted by Crippen LogP contribution is 2.29. The highest BCUT2D eigenvalue weighted by Gasteiger charge is 2.34. The van der Waals surface area contributed by atoms with E-state index in [1.165, 1.54) is 7.11 Å². The van der Waals surface area contributed by atoms with Crippen LogP contribution in [0, 0.1) is 5.92 Å². The van der Waals surface area contributed by atoms with Gasteiger partial charge in [-0.2, -0.15) is 0 Å². The van der Waals surface area contributed by atoms with Gasteiger partial charge in [-0.25, -0.2) is 0 Å². The van der Waals surface area contributed by atoms with E-state index in [-0.39, 0.29) is 6.54 Å². The number of piperidine rings is 1. The molecular weight excluding hydrogens is 274 g/mol. The number of carbonyl (C=O) groups is 2. The van der Waals surface area contributed by atoms with Crippen LogP contribution in [0.15, 0.2) is 24.3 Å². The molecule has 114 valence electrons. The number of likely N-dealkylation sites (tertiary alicyclic amines) is 1. The fraction of sp³-hybridized carbons (Fsp3) is 0.467. The van der Waals surface area contributed by atoms with Crippen molar-refractivity contribution in [2.75, 3.05) is 20.2 Å². The molecule has 2 atom stereocenters. The molecule has 6 heteroatoms. The third-order valence-corrected chi connectivity index (χ3v) is 3.81. The van der Waals surface area contributed by atoms with E-state index >= 15 is 0 Å². The van der Waals surface area contributed by atoms with E-state index in [1.807, 2.05) is 0 Å². The van der Waals surface area contributed by atoms with Crippen LogP contribution in [0.3, 0.4) is 0 Å². The summed E-state index contributed by atoms with van der Waals surface area (Å²) >= 11 is 0. The van der Waals surface area contributed by atoms with Crippen molar-refractivity contribution in [2.24, 2.45) is 5.92 Å². The molecule has 1 aliphatic heterocycles. The fourth-order valence-electron chi connectivity index (χ4n) is 2.76. The molecule has 0 bridgehead atoms. The number of nitrogens with zero attached hydrogens (tertiary/aromatic N) is 1. The summed E-state index contributed by atoms with van der Waals surface area (Å²) in [6.45, 7) is 0.835. The zero-order chi connectivity index (χ0) is 15.4. The minimum absolute atomic E-state index is 0.253. The van der Waals surface area contributed by atoms with Gasteiger partial charge in [0.25, 0.3) is 0 Å². The maximum absolute atomic E-state index is 11.6. The molecule has 1 aliphatic rings. The normalized spacial score (nSPS) is 20.7. The molecule has 1 aromatic rings. The number of aliphatic carboxylic acids is 2. The largest absolute Gasteiger partial charge is 0.497 e. The molecule has 6 nitrogen and oxygen atoms in total. The van der Waals surface area contributed by atoms with Gasteiger partial charge in [0.1, 0.15) is 11.8 Å². The Morgan fingerprint density at radius 1 is 1.38 bits per heavy atom. The lowest BCUT2D eigenvalue weighted by molar-refractivity contribution is -0.149. The summed E-state index contributed by atoms with van der Waals surface area (Å²) in [6, 6.07) is 6.05. The van der Waals surface area contributed by atoms with Gasteiger partial charge in [-0.3, -0.25) is 14.5 Å². The second kappa shape index (κ2) is 6.58. The molecule has 21 heavy (non-hydrogen) atoms. The molecule has 2 N–H and O–H groups in total. The Labute approximate surface area is 122 Å². The average Bonchev–Trinajstić information content (AvgIpc) is 2.47. The van der Waals surface area contributed by atoms with Crippen molar-refractivity contribution in [2.45, 2.75) is 18.9 Å². The molecule has 2 unspecified atom stereocenters. The summed E-state index contributed by atoms with van der Waals surface area (Å²) in [5.74, 6) is -1.76. The van der Waals surface area contributed by atoms with Gasteiger partial charge >= 0.3 is 11.9 Å². The lowest BCUT2D eigenvalue weighted by Gasteiger charge is -2.35. The van der Waals surface area contributed by atoms with E-state index in [9.17, 15) is 14.7 Å². The standard InChI is InChI=1S/C15H19NO5/c1-21-12-6-2-4-10(8-12)13(15(19)20)16-7-3-5-11(9-16)14(17)18/h2,4,6,8,11,13H,3,5,7,9H2,1H3,(H,17,18)(H,19,20). The van der Waals surface area contributed by atoms with Crippen molar-refractivity contribution < 1.29 is 24.5 Å². The molecule has 0 spiro atoms. The molecule has 0 saturated carbocycles. The van der Waals surface area contributed by atoms with Crippen LogP contribution in [0.4, 0.5) is 0 Å². The summed E-state index contributed by atoms with van der Waals surface area (Å²) < 4.78 is 5.13. The van der Waals surface area contributed by atoms with Gasteiger partial charge in [0.15, 0.2) is 0 Å². The topological polar surface area (TPSA) is 87.1 Å². The summed E-state index contributed by atoms with van der Waals surface area (Å²) in [4.78, 5) is 24.5. The first-order chi connectivity index (χ1) is 10.0. The first-order valence-corrected chi connectivity index (χ1v) is 6.86. The zero-order valence-corrected chi connectivity index (χ0v) is 11.9. The highest BCUT2D eigenvalue weighted by molar-refractivity contribution is 5.76. The Balaban J connectivity index is 2.26. The Bertz CT molecular complexity index is 531. The number of carboxylic acids is 2. The van der Waals surface area contributed by atoms with Gasteiger partial charge < -0.3 is 14.9 Å². The third kappa shape index (κ3) is 3.52. The smallest absolute Gasteiger partial charge is 0.325 e. The minimum Gasteiger partial charge on any atom is -0.497 e. The van der Waals surface area contributed by atoms with E-state index in [2.05, 4.69) is 0 Å². The third-order valence-electron chi connectivity index (χ3n) is 3.81. The van der Waals surface area contributed by atoms with Crippen molar-refractivity contribution in [1.29, 1.82) is 0 Å². The molecule has 1 heterocycles. The van der Waals surface area contributed by atoms with Gasteiger partial charge in [-0.05, 0) is 37.1 Å². The van der Waals surface area contributed by atoms with Crippen LogP contribution in [0.5, 0.6) is 5.75 Å². The minimum atomic E-state index is -0.978. The second-order valence-electron chi connectivity index (χ2n) is 5.19. The van der Waals surface area contributed by atoms with E-state index in [0.29, 0.717) is 30.7 Å². The summed E-state index contributed by atoms with van der Waals surface area (Å²) in [5, 5.41) is 18.7. The Morgan fingerprint density at radius 2 is 2.14 bits per heavy atom. The summed E-state index contributed by atoms with van der Waals surface area (Å²) in [5.41, 5.74) is 0.605. The molecule has 1 aromatic carbocycles. The first kappa shape index (κ1) is 15.3. The van der Waals surface area contributed by atoms with Gasteiger partial charge in [-0.1, -0.05) is 12.1 Å². The van der Waals surface area contributed by atoms with Crippen LogP contribution < -0.4 is 4.74 Å². The van der Waals surface area contributed by atoms with Gasteiger partial charge in [-0.15, -0.1) is 0 Å². The van der Waals surface area contributed by atoms with E-state index in [0.717, 1.165) is 0 Å². The lowest BCUT2D eigenvalue weighted by Crippen LogP contribution is -2.43. The Morgan fingerprint density at radius 3 is 2.76 bits per heavy atom. The van der Waals surface area contributed by atoms with Crippen molar-refractivity contribution in [3.8, 4) is 5.75 Å². The van der Waals surface area contributed by atoms with E-state index in [1.54, 1.807) is 29.2 Å². The molecule has 0 aliphatic carbocycles. The van der Waals surface area contributed by atoms with Crippen LogP contribution in [0.1, 0.15) is 24.4 Å². The first-order valence-electron chi connectivity index (χ1n) is 6.86. The Hall–Kier alpha value is -2.08. The van der Waals surface area contributed by atoms with Crippen molar-refractivity contribution in [3.63, 3.8) is 0 Å². The average molecular weight is 293 g/mol. The van der Waals surface area contributed by atoms with Crippen LogP contribution in [-0.4, -0.2) is 47.3 Å². The maximum Gasteiger partial charge on any atom is 0.325 e. The Kier molecular flexibility index (Phi) is 4.80. The molecule has 0 radical (unpaired) electrons. The molecule has 0 amide bonds. The van der Waals surface area contributed by atoms with Gasteiger partial charge in [0.2, 0.25) is 0 Å². The monoisotopic (exact) mass is 293 g/mol. The van der Waals surface area contributed by atoms with E-state index in [4.69, 9.17) is 9.84 Å². The lowest BCUT2D eigenvalue weighted by atomic mass is 9.95. The molecule has 0 aromatic heterocycles. The zero-order valence-electron chi connectivity index (χ0n) is 11.9. The van der Waals surface area contributed by atoms with Crippen LogP contribution in [0.2, 0.25) is 0 Å². The quantitative estimate of drug-likeness (QED) is 0.857. The fourth-order valence-corrected chi connectivity index (χ4v) is 2.76. The van der Waals surface area contributed by atoms with E-state index < -0.39 is 23.9 Å². The van der Waals surface area contributed by atoms with Gasteiger partial charge in [0.05, 0.1) is 13.0 Å². The second-order valence-corrected chi connectivity index (χ2v) is 5.19. The predicted molar refractivity (Wildman–Crippen MR) is 75.3 cm³/mol. The number of rotatable bonds is 5. The summed E-state index contributed by atoms with van der Waals surface area (Å²) in [6.07, 6.45) is 1.28.